The maximum absolute atomic E-state index is 10.8. The lowest BCUT2D eigenvalue weighted by Gasteiger charge is -2.06. The first-order valence-electron chi connectivity index (χ1n) is 5.13. The number of hydrogen-bond donors (Lipinski definition) is 4. The predicted octanol–water partition coefficient (Wildman–Crippen LogP) is -0.476. The molecule has 0 fully saturated rings. The molecule has 0 atom stereocenters. The third kappa shape index (κ3) is 19.1. The second-order valence-corrected chi connectivity index (χ2v) is 2.10. The van der Waals surface area contributed by atoms with Crippen LogP contribution in [0.4, 0.5) is 4.79 Å². The van der Waals surface area contributed by atoms with Gasteiger partial charge in [0.15, 0.2) is 0 Å². The zero-order valence-electron chi connectivity index (χ0n) is 10.7. The molecule has 0 saturated heterocycles. The topological polar surface area (TPSA) is 99.3 Å². The first-order chi connectivity index (χ1) is 8.70. The molecule has 0 aliphatic rings. The van der Waals surface area contributed by atoms with E-state index in [1.54, 1.807) is 0 Å². The first-order valence-corrected chi connectivity index (χ1v) is 5.13. The van der Waals surface area contributed by atoms with Crippen molar-refractivity contribution >= 4 is 18.3 Å². The molecule has 0 bridgehead atoms. The Balaban J connectivity index is -0.000000506. The SMILES string of the molecule is C#C.C=CC(=O)NCNC(=O)NCNC=O.CC. The van der Waals surface area contributed by atoms with E-state index in [4.69, 9.17) is 0 Å². The molecule has 0 aromatic heterocycles. The second-order valence-electron chi connectivity index (χ2n) is 2.10. The zero-order valence-corrected chi connectivity index (χ0v) is 10.7. The third-order valence-corrected chi connectivity index (χ3v) is 1.13. The van der Waals surface area contributed by atoms with E-state index in [1.807, 2.05) is 13.8 Å². The molecular formula is C11H20N4O3. The lowest BCUT2D eigenvalue weighted by Crippen LogP contribution is -2.44. The molecule has 0 aromatic carbocycles. The monoisotopic (exact) mass is 256 g/mol. The van der Waals surface area contributed by atoms with Crippen LogP contribution in [-0.4, -0.2) is 31.7 Å². The van der Waals surface area contributed by atoms with Crippen molar-refractivity contribution in [3.8, 4) is 12.8 Å². The maximum atomic E-state index is 10.8. The number of nitrogens with one attached hydrogen (secondary N) is 4. The van der Waals surface area contributed by atoms with Crippen LogP contribution < -0.4 is 21.3 Å². The van der Waals surface area contributed by atoms with Crippen LogP contribution in [0.2, 0.25) is 0 Å². The van der Waals surface area contributed by atoms with E-state index in [9.17, 15) is 14.4 Å². The average Bonchev–Trinajstić information content (AvgIpc) is 2.43. The molecule has 4 N–H and O–H groups in total. The molecule has 0 unspecified atom stereocenters. The Labute approximate surface area is 107 Å². The fourth-order valence-electron chi connectivity index (χ4n) is 0.519. The van der Waals surface area contributed by atoms with Gasteiger partial charge in [-0.2, -0.15) is 0 Å². The van der Waals surface area contributed by atoms with Crippen LogP contribution in [0.1, 0.15) is 13.8 Å². The first kappa shape index (κ1) is 20.9. The van der Waals surface area contributed by atoms with Gasteiger partial charge >= 0.3 is 6.03 Å². The molecule has 0 heterocycles. The summed E-state index contributed by atoms with van der Waals surface area (Å²) in [6, 6.07) is -0.497. The van der Waals surface area contributed by atoms with Gasteiger partial charge in [-0.25, -0.2) is 4.79 Å². The van der Waals surface area contributed by atoms with Gasteiger partial charge in [-0.3, -0.25) is 9.59 Å². The van der Waals surface area contributed by atoms with Crippen molar-refractivity contribution in [2.45, 2.75) is 13.8 Å². The van der Waals surface area contributed by atoms with Gasteiger partial charge in [0, 0.05) is 0 Å². The Morgan fingerprint density at radius 3 is 2.06 bits per heavy atom. The van der Waals surface area contributed by atoms with E-state index in [1.165, 1.54) is 0 Å². The van der Waals surface area contributed by atoms with Crippen LogP contribution in [0.3, 0.4) is 0 Å². The number of urea groups is 1. The highest BCUT2D eigenvalue weighted by molar-refractivity contribution is 5.87. The fourth-order valence-corrected chi connectivity index (χ4v) is 0.519. The Morgan fingerprint density at radius 2 is 1.61 bits per heavy atom. The van der Waals surface area contributed by atoms with Crippen molar-refractivity contribution in [3.05, 3.63) is 12.7 Å². The summed E-state index contributed by atoms with van der Waals surface area (Å²) in [6.45, 7) is 7.26. The highest BCUT2D eigenvalue weighted by atomic mass is 16.2. The Morgan fingerprint density at radius 1 is 1.11 bits per heavy atom. The van der Waals surface area contributed by atoms with E-state index in [-0.39, 0.29) is 19.2 Å². The lowest BCUT2D eigenvalue weighted by atomic mass is 10.6. The minimum absolute atomic E-state index is 0.00221. The average molecular weight is 256 g/mol. The molecule has 7 nitrogen and oxygen atoms in total. The molecule has 0 saturated carbocycles. The normalized spacial score (nSPS) is 6.89. The number of carbonyl (C=O) groups excluding carboxylic acids is 3. The van der Waals surface area contributed by atoms with Crippen LogP contribution in [-0.2, 0) is 9.59 Å². The lowest BCUT2D eigenvalue weighted by molar-refractivity contribution is -0.116. The van der Waals surface area contributed by atoms with E-state index in [0.29, 0.717) is 6.41 Å². The van der Waals surface area contributed by atoms with Gasteiger partial charge in [0.2, 0.25) is 12.3 Å². The highest BCUT2D eigenvalue weighted by Gasteiger charge is 1.97. The van der Waals surface area contributed by atoms with Gasteiger partial charge in [0.05, 0.1) is 13.3 Å². The highest BCUT2D eigenvalue weighted by Crippen LogP contribution is 1.64. The summed E-state index contributed by atoms with van der Waals surface area (Å²) in [5, 5.41) is 9.20. The van der Waals surface area contributed by atoms with E-state index in [0.717, 1.165) is 6.08 Å². The number of terminal acetylenes is 1. The van der Waals surface area contributed by atoms with E-state index >= 15 is 0 Å². The van der Waals surface area contributed by atoms with Gasteiger partial charge in [-0.1, -0.05) is 20.4 Å². The molecule has 0 aliphatic carbocycles. The van der Waals surface area contributed by atoms with Crippen molar-refractivity contribution in [2.24, 2.45) is 0 Å². The maximum Gasteiger partial charge on any atom is 0.317 e. The number of amides is 4. The van der Waals surface area contributed by atoms with Crippen LogP contribution in [0, 0.1) is 12.8 Å². The smallest absolute Gasteiger partial charge is 0.317 e. The molecule has 0 rings (SSSR count). The Kier molecular flexibility index (Phi) is 23.2. The number of carbonyl (C=O) groups is 3. The summed E-state index contributed by atoms with van der Waals surface area (Å²) < 4.78 is 0. The van der Waals surface area contributed by atoms with Crippen LogP contribution in [0.25, 0.3) is 0 Å². The minimum Gasteiger partial charge on any atom is -0.341 e. The Bertz CT molecular complexity index is 264. The molecule has 18 heavy (non-hydrogen) atoms. The summed E-state index contributed by atoms with van der Waals surface area (Å²) in [5.74, 6) is -0.378. The van der Waals surface area contributed by atoms with Crippen LogP contribution in [0.5, 0.6) is 0 Å². The molecule has 0 aromatic rings. The zero-order chi connectivity index (χ0) is 14.8. The third-order valence-electron chi connectivity index (χ3n) is 1.13. The van der Waals surface area contributed by atoms with Crippen molar-refractivity contribution < 1.29 is 14.4 Å². The predicted molar refractivity (Wildman–Crippen MR) is 70.2 cm³/mol. The minimum atomic E-state index is -0.497. The molecule has 102 valence electrons. The molecule has 0 aliphatic heterocycles. The van der Waals surface area contributed by atoms with Gasteiger partial charge < -0.3 is 21.3 Å². The second kappa shape index (κ2) is 20.0. The van der Waals surface area contributed by atoms with Gasteiger partial charge in [-0.15, -0.1) is 12.8 Å². The Hall–Kier alpha value is -2.49. The quantitative estimate of drug-likeness (QED) is 0.170. The summed E-state index contributed by atoms with van der Waals surface area (Å²) in [7, 11) is 0. The van der Waals surface area contributed by atoms with Crippen molar-refractivity contribution in [1.82, 2.24) is 21.3 Å². The van der Waals surface area contributed by atoms with E-state index < -0.39 is 6.03 Å². The largest absolute Gasteiger partial charge is 0.341 e. The van der Waals surface area contributed by atoms with Crippen molar-refractivity contribution in [1.29, 1.82) is 0 Å². The van der Waals surface area contributed by atoms with Gasteiger partial charge in [0.1, 0.15) is 0 Å². The van der Waals surface area contributed by atoms with E-state index in [2.05, 4.69) is 40.7 Å². The van der Waals surface area contributed by atoms with Crippen molar-refractivity contribution in [3.63, 3.8) is 0 Å². The van der Waals surface area contributed by atoms with Gasteiger partial charge in [-0.05, 0) is 6.08 Å². The fraction of sp³-hybridized carbons (Fsp3) is 0.364. The van der Waals surface area contributed by atoms with Crippen LogP contribution >= 0.6 is 0 Å². The molecule has 4 amide bonds. The summed E-state index contributed by atoms with van der Waals surface area (Å²) >= 11 is 0. The molecule has 7 heteroatoms. The molecule has 0 spiro atoms. The number of rotatable bonds is 6. The summed E-state index contributed by atoms with van der Waals surface area (Å²) in [6.07, 6.45) is 9.55. The molecular weight excluding hydrogens is 236 g/mol. The number of hydrogen-bond acceptors (Lipinski definition) is 3. The standard InChI is InChI=1S/C7H12N4O3.C2H6.C2H2/c1-2-6(13)9-4-11-7(14)10-3-8-5-12;2*1-2/h2,5H,1,3-4H2,(H,8,12)(H,9,13)(H2,10,11,14);1-2H3;1-2H. The van der Waals surface area contributed by atoms with Gasteiger partial charge in [0.25, 0.3) is 0 Å². The van der Waals surface area contributed by atoms with Crippen molar-refractivity contribution in [2.75, 3.05) is 13.3 Å². The summed E-state index contributed by atoms with van der Waals surface area (Å²) in [5.41, 5.74) is 0. The summed E-state index contributed by atoms with van der Waals surface area (Å²) in [4.78, 5) is 31.2. The van der Waals surface area contributed by atoms with Crippen LogP contribution in [0.15, 0.2) is 12.7 Å². The molecule has 0 radical (unpaired) electrons.